The van der Waals surface area contributed by atoms with Crippen LogP contribution in [-0.4, -0.2) is 28.0 Å². The van der Waals surface area contributed by atoms with Gasteiger partial charge in [-0.3, -0.25) is 4.90 Å². The monoisotopic (exact) mass is 221 g/mol. The molecule has 1 aromatic heterocycles. The van der Waals surface area contributed by atoms with Gasteiger partial charge in [0.25, 0.3) is 0 Å². The van der Waals surface area contributed by atoms with Gasteiger partial charge in [-0.25, -0.2) is 4.98 Å². The van der Waals surface area contributed by atoms with E-state index in [1.54, 1.807) is 0 Å². The summed E-state index contributed by atoms with van der Waals surface area (Å²) >= 11 is 0. The number of imidazole rings is 1. The van der Waals surface area contributed by atoms with Crippen molar-refractivity contribution in [3.8, 4) is 0 Å². The summed E-state index contributed by atoms with van der Waals surface area (Å²) in [6.45, 7) is 12.3. The minimum absolute atomic E-state index is 0.529. The van der Waals surface area contributed by atoms with Crippen LogP contribution >= 0.6 is 0 Å². The molecule has 0 fully saturated rings. The molecule has 0 radical (unpaired) electrons. The Hall–Kier alpha value is -0.830. The second-order valence-electron chi connectivity index (χ2n) is 5.50. The Kier molecular flexibility index (Phi) is 3.06. The molecule has 0 spiro atoms. The summed E-state index contributed by atoms with van der Waals surface area (Å²) in [6.07, 6.45) is 0. The summed E-state index contributed by atoms with van der Waals surface area (Å²) in [5.74, 6) is 2.35. The average Bonchev–Trinajstić information content (AvgIpc) is 2.55. The number of likely N-dealkylation sites (N-methyl/N-ethyl adjacent to an activating group) is 1. The molecule has 1 aromatic rings. The van der Waals surface area contributed by atoms with Crippen molar-refractivity contribution < 1.29 is 0 Å². The van der Waals surface area contributed by atoms with Crippen LogP contribution in [0.3, 0.4) is 0 Å². The summed E-state index contributed by atoms with van der Waals surface area (Å²) < 4.78 is 2.44. The fourth-order valence-corrected chi connectivity index (χ4v) is 2.53. The van der Waals surface area contributed by atoms with Crippen LogP contribution in [0, 0.1) is 0 Å². The second-order valence-corrected chi connectivity index (χ2v) is 5.50. The van der Waals surface area contributed by atoms with Gasteiger partial charge in [0.2, 0.25) is 0 Å². The molecule has 90 valence electrons. The Labute approximate surface area is 98.5 Å². The van der Waals surface area contributed by atoms with Crippen molar-refractivity contribution in [2.45, 2.75) is 52.6 Å². The van der Waals surface area contributed by atoms with E-state index < -0.39 is 0 Å². The van der Waals surface area contributed by atoms with E-state index in [2.05, 4.69) is 44.2 Å². The molecule has 1 aliphatic heterocycles. The lowest BCUT2D eigenvalue weighted by molar-refractivity contribution is 0.261. The Morgan fingerprint density at radius 1 is 1.06 bits per heavy atom. The molecule has 0 atom stereocenters. The van der Waals surface area contributed by atoms with Crippen molar-refractivity contribution >= 4 is 0 Å². The van der Waals surface area contributed by atoms with E-state index in [-0.39, 0.29) is 0 Å². The molecule has 3 heteroatoms. The molecule has 0 N–H and O–H groups in total. The highest BCUT2D eigenvalue weighted by atomic mass is 15.2. The van der Waals surface area contributed by atoms with E-state index in [4.69, 9.17) is 4.98 Å². The first-order valence-electron chi connectivity index (χ1n) is 6.28. The number of nitrogens with zero attached hydrogens (tertiary/aromatic N) is 3. The quantitative estimate of drug-likeness (QED) is 0.765. The van der Waals surface area contributed by atoms with Crippen molar-refractivity contribution in [2.75, 3.05) is 13.6 Å². The van der Waals surface area contributed by atoms with Crippen LogP contribution in [-0.2, 0) is 13.1 Å². The maximum Gasteiger partial charge on any atom is 0.123 e. The highest BCUT2D eigenvalue weighted by Gasteiger charge is 2.24. The number of rotatable bonds is 2. The van der Waals surface area contributed by atoms with Gasteiger partial charge in [0.1, 0.15) is 5.82 Å². The van der Waals surface area contributed by atoms with Gasteiger partial charge in [-0.05, 0) is 18.9 Å². The minimum Gasteiger partial charge on any atom is -0.329 e. The van der Waals surface area contributed by atoms with Crippen molar-refractivity contribution in [2.24, 2.45) is 0 Å². The van der Waals surface area contributed by atoms with Crippen molar-refractivity contribution in [1.82, 2.24) is 14.5 Å². The fraction of sp³-hybridized carbons (Fsp3) is 0.769. The van der Waals surface area contributed by atoms with Crippen LogP contribution in [0.15, 0.2) is 0 Å². The van der Waals surface area contributed by atoms with Gasteiger partial charge in [-0.2, -0.15) is 0 Å². The van der Waals surface area contributed by atoms with Gasteiger partial charge in [0, 0.05) is 18.8 Å². The highest BCUT2D eigenvalue weighted by molar-refractivity contribution is 5.24. The van der Waals surface area contributed by atoms with Crippen LogP contribution in [0.5, 0.6) is 0 Å². The van der Waals surface area contributed by atoms with E-state index >= 15 is 0 Å². The average molecular weight is 221 g/mol. The maximum absolute atomic E-state index is 4.84. The van der Waals surface area contributed by atoms with Gasteiger partial charge in [0.05, 0.1) is 12.2 Å². The smallest absolute Gasteiger partial charge is 0.123 e. The van der Waals surface area contributed by atoms with Gasteiger partial charge in [-0.1, -0.05) is 27.7 Å². The van der Waals surface area contributed by atoms with Crippen molar-refractivity contribution in [3.63, 3.8) is 0 Å². The molecule has 0 saturated carbocycles. The third kappa shape index (κ3) is 1.88. The molecular weight excluding hydrogens is 198 g/mol. The molecule has 0 unspecified atom stereocenters. The Bertz CT molecular complexity index is 377. The lowest BCUT2D eigenvalue weighted by Gasteiger charge is -2.25. The molecule has 16 heavy (non-hydrogen) atoms. The van der Waals surface area contributed by atoms with Gasteiger partial charge in [0.15, 0.2) is 0 Å². The lowest BCUT2D eigenvalue weighted by atomic mass is 10.0. The topological polar surface area (TPSA) is 21.1 Å². The predicted octanol–water partition coefficient (Wildman–Crippen LogP) is 2.58. The van der Waals surface area contributed by atoms with E-state index in [0.717, 1.165) is 19.6 Å². The lowest BCUT2D eigenvalue weighted by Crippen LogP contribution is -2.31. The maximum atomic E-state index is 4.84. The Morgan fingerprint density at radius 2 is 1.75 bits per heavy atom. The fourth-order valence-electron chi connectivity index (χ4n) is 2.53. The number of aromatic nitrogens is 2. The summed E-state index contributed by atoms with van der Waals surface area (Å²) in [4.78, 5) is 7.19. The zero-order valence-corrected chi connectivity index (χ0v) is 11.1. The molecule has 2 rings (SSSR count). The van der Waals surface area contributed by atoms with E-state index in [0.29, 0.717) is 11.8 Å². The van der Waals surface area contributed by atoms with Crippen LogP contribution in [0.2, 0.25) is 0 Å². The number of hydrogen-bond donors (Lipinski definition) is 0. The van der Waals surface area contributed by atoms with E-state index in [1.165, 1.54) is 17.2 Å². The van der Waals surface area contributed by atoms with Gasteiger partial charge in [-0.15, -0.1) is 0 Å². The predicted molar refractivity (Wildman–Crippen MR) is 66.7 cm³/mol. The molecule has 0 amide bonds. The second kappa shape index (κ2) is 4.21. The Morgan fingerprint density at radius 3 is 2.31 bits per heavy atom. The molecule has 0 saturated heterocycles. The van der Waals surface area contributed by atoms with Crippen LogP contribution in [0.1, 0.15) is 56.7 Å². The molecule has 0 aromatic carbocycles. The third-order valence-corrected chi connectivity index (χ3v) is 3.32. The molecule has 0 aliphatic carbocycles. The zero-order chi connectivity index (χ0) is 11.9. The molecule has 0 bridgehead atoms. The largest absolute Gasteiger partial charge is 0.329 e. The normalized spacial score (nSPS) is 17.2. The van der Waals surface area contributed by atoms with Crippen LogP contribution in [0.25, 0.3) is 0 Å². The summed E-state index contributed by atoms with van der Waals surface area (Å²) in [5, 5.41) is 0. The standard InChI is InChI=1S/C13H23N3/c1-9(2)12-13(10(3)4)16-7-6-15(5)8-11(16)14-12/h9-10H,6-8H2,1-5H3. The molecular formula is C13H23N3. The first-order valence-corrected chi connectivity index (χ1v) is 6.28. The van der Waals surface area contributed by atoms with Gasteiger partial charge < -0.3 is 4.57 Å². The molecule has 1 aliphatic rings. The number of fused-ring (bicyclic) bond motifs is 1. The molecule has 3 nitrogen and oxygen atoms in total. The Balaban J connectivity index is 2.48. The third-order valence-electron chi connectivity index (χ3n) is 3.32. The summed E-state index contributed by atoms with van der Waals surface area (Å²) in [7, 11) is 2.17. The van der Waals surface area contributed by atoms with Crippen LogP contribution < -0.4 is 0 Å². The first-order chi connectivity index (χ1) is 7.50. The SMILES string of the molecule is CC(C)c1nc2n(c1C(C)C)CCN(C)C2. The molecule has 2 heterocycles. The highest BCUT2D eigenvalue weighted by Crippen LogP contribution is 2.28. The van der Waals surface area contributed by atoms with E-state index in [1.807, 2.05) is 0 Å². The zero-order valence-electron chi connectivity index (χ0n) is 11.1. The van der Waals surface area contributed by atoms with Crippen LogP contribution in [0.4, 0.5) is 0 Å². The van der Waals surface area contributed by atoms with Crippen molar-refractivity contribution in [3.05, 3.63) is 17.2 Å². The minimum atomic E-state index is 0.529. The van der Waals surface area contributed by atoms with Crippen molar-refractivity contribution in [1.29, 1.82) is 0 Å². The number of hydrogen-bond acceptors (Lipinski definition) is 2. The first kappa shape index (κ1) is 11.6. The van der Waals surface area contributed by atoms with Gasteiger partial charge >= 0.3 is 0 Å². The summed E-state index contributed by atoms with van der Waals surface area (Å²) in [6, 6.07) is 0. The summed E-state index contributed by atoms with van der Waals surface area (Å²) in [5.41, 5.74) is 2.76. The van der Waals surface area contributed by atoms with E-state index in [9.17, 15) is 0 Å².